The van der Waals surface area contributed by atoms with E-state index in [1.165, 1.54) is 0 Å². The lowest BCUT2D eigenvalue weighted by Crippen LogP contribution is -2.14. The van der Waals surface area contributed by atoms with Crippen LogP contribution in [0.4, 0.5) is 0 Å². The molecule has 0 saturated carbocycles. The summed E-state index contributed by atoms with van der Waals surface area (Å²) in [6.07, 6.45) is -0.175. The summed E-state index contributed by atoms with van der Waals surface area (Å²) in [6, 6.07) is 20.0. The van der Waals surface area contributed by atoms with E-state index >= 15 is 0 Å². The lowest BCUT2D eigenvalue weighted by Gasteiger charge is -2.19. The molecule has 0 unspecified atom stereocenters. The molecule has 0 aliphatic heterocycles. The van der Waals surface area contributed by atoms with Gasteiger partial charge in [-0.1, -0.05) is 67.2 Å². The van der Waals surface area contributed by atoms with Crippen molar-refractivity contribution in [2.24, 2.45) is 0 Å². The van der Waals surface area contributed by atoms with Crippen LogP contribution in [0.5, 0.6) is 0 Å². The Morgan fingerprint density at radius 1 is 0.955 bits per heavy atom. The lowest BCUT2D eigenvalue weighted by molar-refractivity contribution is -0.140. The van der Waals surface area contributed by atoms with Crippen molar-refractivity contribution in [3.63, 3.8) is 0 Å². The Kier molecular flexibility index (Phi) is 5.92. The third-order valence-corrected chi connectivity index (χ3v) is 3.15. The minimum Gasteiger partial charge on any atom is -0.460 e. The molecule has 0 fully saturated rings. The topological polar surface area (TPSA) is 35.5 Å². The van der Waals surface area contributed by atoms with Crippen molar-refractivity contribution < 1.29 is 14.3 Å². The minimum atomic E-state index is -0.389. The Hall–Kier alpha value is -2.39. The predicted octanol–water partition coefficient (Wildman–Crippen LogP) is 3.91. The maximum Gasteiger partial charge on any atom is 0.333 e. The van der Waals surface area contributed by atoms with Crippen LogP contribution in [0.2, 0.25) is 0 Å². The minimum absolute atomic E-state index is 0.175. The van der Waals surface area contributed by atoms with Crippen molar-refractivity contribution in [3.8, 4) is 0 Å². The fourth-order valence-electron chi connectivity index (χ4n) is 2.06. The SMILES string of the molecule is C=C(C)C(=O)OCCOC(c1ccccc1)c1ccccc1. The first kappa shape index (κ1) is 16.0. The van der Waals surface area contributed by atoms with E-state index < -0.39 is 0 Å². The highest BCUT2D eigenvalue weighted by atomic mass is 16.6. The van der Waals surface area contributed by atoms with Crippen molar-refractivity contribution in [2.75, 3.05) is 13.2 Å². The zero-order valence-corrected chi connectivity index (χ0v) is 12.7. The van der Waals surface area contributed by atoms with E-state index in [0.717, 1.165) is 11.1 Å². The molecule has 0 aromatic heterocycles. The van der Waals surface area contributed by atoms with Gasteiger partial charge in [0.25, 0.3) is 0 Å². The number of carbonyl (C=O) groups is 1. The molecule has 0 radical (unpaired) electrons. The predicted molar refractivity (Wildman–Crippen MR) is 86.5 cm³/mol. The van der Waals surface area contributed by atoms with Gasteiger partial charge in [0.1, 0.15) is 12.7 Å². The van der Waals surface area contributed by atoms with E-state index in [1.54, 1.807) is 6.92 Å². The van der Waals surface area contributed by atoms with E-state index in [2.05, 4.69) is 6.58 Å². The first-order valence-corrected chi connectivity index (χ1v) is 7.22. The van der Waals surface area contributed by atoms with Gasteiger partial charge in [0.15, 0.2) is 0 Å². The van der Waals surface area contributed by atoms with E-state index in [4.69, 9.17) is 9.47 Å². The number of carbonyl (C=O) groups excluding carboxylic acids is 1. The summed E-state index contributed by atoms with van der Waals surface area (Å²) >= 11 is 0. The second kappa shape index (κ2) is 8.15. The largest absolute Gasteiger partial charge is 0.460 e. The molecule has 0 heterocycles. The summed E-state index contributed by atoms with van der Waals surface area (Å²) < 4.78 is 11.0. The first-order chi connectivity index (χ1) is 10.7. The van der Waals surface area contributed by atoms with Crippen molar-refractivity contribution in [3.05, 3.63) is 83.9 Å². The molecule has 0 atom stereocenters. The van der Waals surface area contributed by atoms with E-state index in [0.29, 0.717) is 12.2 Å². The van der Waals surface area contributed by atoms with Gasteiger partial charge in [0.05, 0.1) is 6.61 Å². The summed E-state index contributed by atoms with van der Waals surface area (Å²) in [5.41, 5.74) is 2.53. The Labute approximate surface area is 131 Å². The van der Waals surface area contributed by atoms with Crippen molar-refractivity contribution in [2.45, 2.75) is 13.0 Å². The van der Waals surface area contributed by atoms with E-state index in [1.807, 2.05) is 60.7 Å². The highest BCUT2D eigenvalue weighted by molar-refractivity contribution is 5.86. The van der Waals surface area contributed by atoms with Crippen LogP contribution in [-0.2, 0) is 14.3 Å². The molecular formula is C19H20O3. The van der Waals surface area contributed by atoms with E-state index in [-0.39, 0.29) is 18.7 Å². The van der Waals surface area contributed by atoms with Crippen LogP contribution in [-0.4, -0.2) is 19.2 Å². The van der Waals surface area contributed by atoms with Gasteiger partial charge >= 0.3 is 5.97 Å². The second-order valence-corrected chi connectivity index (χ2v) is 4.99. The molecule has 2 aromatic carbocycles. The Balaban J connectivity index is 2.01. The number of benzene rings is 2. The summed E-state index contributed by atoms with van der Waals surface area (Å²) in [4.78, 5) is 11.4. The van der Waals surface area contributed by atoms with Crippen LogP contribution in [0.1, 0.15) is 24.2 Å². The van der Waals surface area contributed by atoms with Crippen LogP contribution in [0.3, 0.4) is 0 Å². The second-order valence-electron chi connectivity index (χ2n) is 4.99. The third kappa shape index (κ3) is 4.57. The van der Waals surface area contributed by atoms with Gasteiger partial charge in [-0.25, -0.2) is 4.79 Å². The molecule has 3 nitrogen and oxygen atoms in total. The smallest absolute Gasteiger partial charge is 0.333 e. The van der Waals surface area contributed by atoms with Crippen LogP contribution < -0.4 is 0 Å². The zero-order valence-electron chi connectivity index (χ0n) is 12.7. The average molecular weight is 296 g/mol. The number of esters is 1. The monoisotopic (exact) mass is 296 g/mol. The van der Waals surface area contributed by atoms with Crippen LogP contribution in [0, 0.1) is 0 Å². The number of ether oxygens (including phenoxy) is 2. The molecule has 0 N–H and O–H groups in total. The molecule has 2 aromatic rings. The molecule has 0 bridgehead atoms. The lowest BCUT2D eigenvalue weighted by atomic mass is 10.0. The van der Waals surface area contributed by atoms with Crippen molar-refractivity contribution in [1.29, 1.82) is 0 Å². The first-order valence-electron chi connectivity index (χ1n) is 7.22. The molecule has 0 aliphatic carbocycles. The highest BCUT2D eigenvalue weighted by Crippen LogP contribution is 2.25. The molecule has 0 saturated heterocycles. The molecule has 0 spiro atoms. The number of hydrogen-bond donors (Lipinski definition) is 0. The normalized spacial score (nSPS) is 10.5. The van der Waals surface area contributed by atoms with Crippen molar-refractivity contribution >= 4 is 5.97 Å². The Morgan fingerprint density at radius 3 is 1.91 bits per heavy atom. The van der Waals surface area contributed by atoms with Crippen LogP contribution >= 0.6 is 0 Å². The third-order valence-electron chi connectivity index (χ3n) is 3.15. The van der Waals surface area contributed by atoms with E-state index in [9.17, 15) is 4.79 Å². The fourth-order valence-corrected chi connectivity index (χ4v) is 2.06. The van der Waals surface area contributed by atoms with Crippen LogP contribution in [0.15, 0.2) is 72.8 Å². The van der Waals surface area contributed by atoms with Crippen molar-refractivity contribution in [1.82, 2.24) is 0 Å². The standard InChI is InChI=1S/C19H20O3/c1-15(2)19(20)22-14-13-21-18(16-9-5-3-6-10-16)17-11-7-4-8-12-17/h3-12,18H,1,13-14H2,2H3. The quantitative estimate of drug-likeness (QED) is 0.441. The molecule has 0 aliphatic rings. The summed E-state index contributed by atoms with van der Waals surface area (Å²) in [5, 5.41) is 0. The molecule has 114 valence electrons. The Morgan fingerprint density at radius 2 is 1.45 bits per heavy atom. The number of hydrogen-bond acceptors (Lipinski definition) is 3. The average Bonchev–Trinajstić information content (AvgIpc) is 2.56. The molecule has 0 amide bonds. The summed E-state index contributed by atoms with van der Waals surface area (Å²) in [6.45, 7) is 5.71. The summed E-state index contributed by atoms with van der Waals surface area (Å²) in [7, 11) is 0. The summed E-state index contributed by atoms with van der Waals surface area (Å²) in [5.74, 6) is -0.389. The molecule has 22 heavy (non-hydrogen) atoms. The van der Waals surface area contributed by atoms with Gasteiger partial charge < -0.3 is 9.47 Å². The Bertz CT molecular complexity index is 566. The fraction of sp³-hybridized carbons (Fsp3) is 0.211. The van der Waals surface area contributed by atoms with Gasteiger partial charge in [-0.15, -0.1) is 0 Å². The van der Waals surface area contributed by atoms with Gasteiger partial charge in [-0.3, -0.25) is 0 Å². The van der Waals surface area contributed by atoms with Gasteiger partial charge in [-0.05, 0) is 18.1 Å². The maximum atomic E-state index is 11.4. The molecular weight excluding hydrogens is 276 g/mol. The van der Waals surface area contributed by atoms with Crippen LogP contribution in [0.25, 0.3) is 0 Å². The number of rotatable bonds is 7. The van der Waals surface area contributed by atoms with Gasteiger partial charge in [0.2, 0.25) is 0 Å². The zero-order chi connectivity index (χ0) is 15.8. The maximum absolute atomic E-state index is 11.4. The van der Waals surface area contributed by atoms with Gasteiger partial charge in [0, 0.05) is 5.57 Å². The highest BCUT2D eigenvalue weighted by Gasteiger charge is 2.14. The molecule has 2 rings (SSSR count). The van der Waals surface area contributed by atoms with Gasteiger partial charge in [-0.2, -0.15) is 0 Å². The molecule has 3 heteroatoms.